The summed E-state index contributed by atoms with van der Waals surface area (Å²) in [6.45, 7) is 3.60. The Morgan fingerprint density at radius 1 is 0.906 bits per heavy atom. The van der Waals surface area contributed by atoms with Crippen molar-refractivity contribution in [1.82, 2.24) is 9.80 Å². The van der Waals surface area contributed by atoms with E-state index < -0.39 is 0 Å². The molecule has 32 heavy (non-hydrogen) atoms. The van der Waals surface area contributed by atoms with Gasteiger partial charge in [-0.3, -0.25) is 19.3 Å². The van der Waals surface area contributed by atoms with E-state index in [1.54, 1.807) is 0 Å². The lowest BCUT2D eigenvalue weighted by molar-refractivity contribution is -0.153. The van der Waals surface area contributed by atoms with Crippen molar-refractivity contribution in [3.63, 3.8) is 0 Å². The molecule has 0 radical (unpaired) electrons. The maximum Gasteiger partial charge on any atom is 0.232 e. The van der Waals surface area contributed by atoms with E-state index in [1.807, 2.05) is 18.2 Å². The summed E-state index contributed by atoms with van der Waals surface area (Å²) in [5.41, 5.74) is 2.13. The average molecular weight is 438 g/mol. The quantitative estimate of drug-likeness (QED) is 0.541. The van der Waals surface area contributed by atoms with Crippen LogP contribution in [0.15, 0.2) is 24.3 Å². The number of para-hydroxylation sites is 1. The third-order valence-corrected chi connectivity index (χ3v) is 8.36. The van der Waals surface area contributed by atoms with E-state index in [2.05, 4.69) is 16.3 Å². The Morgan fingerprint density at radius 2 is 1.56 bits per heavy atom. The number of hydrogen-bond acceptors (Lipinski definition) is 4. The molecule has 1 aliphatic carbocycles. The maximum absolute atomic E-state index is 12.6. The van der Waals surface area contributed by atoms with Crippen molar-refractivity contribution in [2.45, 2.75) is 70.1 Å². The number of likely N-dealkylation sites (tertiary alicyclic amines) is 2. The van der Waals surface area contributed by atoms with Gasteiger partial charge in [0.05, 0.1) is 5.92 Å². The van der Waals surface area contributed by atoms with Crippen LogP contribution in [0.5, 0.6) is 0 Å². The van der Waals surface area contributed by atoms with Crippen LogP contribution in [-0.4, -0.2) is 53.7 Å². The van der Waals surface area contributed by atoms with Gasteiger partial charge in [0.1, 0.15) is 0 Å². The molecule has 5 rings (SSSR count). The summed E-state index contributed by atoms with van der Waals surface area (Å²) in [5, 5.41) is 3.04. The summed E-state index contributed by atoms with van der Waals surface area (Å²) in [7, 11) is 0. The first-order chi connectivity index (χ1) is 15.5. The minimum atomic E-state index is -0.00819. The van der Waals surface area contributed by atoms with Gasteiger partial charge in [-0.15, -0.1) is 0 Å². The molecule has 1 atom stereocenters. The lowest BCUT2D eigenvalue weighted by atomic mass is 9.76. The summed E-state index contributed by atoms with van der Waals surface area (Å²) in [5.74, 6) is 0.659. The van der Waals surface area contributed by atoms with Crippen molar-refractivity contribution in [3.8, 4) is 0 Å². The second-order valence-electron chi connectivity index (χ2n) is 10.4. The van der Waals surface area contributed by atoms with Gasteiger partial charge in [0, 0.05) is 25.1 Å². The molecule has 3 heterocycles. The molecule has 3 fully saturated rings. The van der Waals surface area contributed by atoms with Crippen LogP contribution in [-0.2, 0) is 14.4 Å². The Hall–Kier alpha value is -2.21. The van der Waals surface area contributed by atoms with Crippen LogP contribution >= 0.6 is 0 Å². The number of amides is 3. The number of carbonyl (C=O) groups is 3. The number of hydrogen-bond donors (Lipinski definition) is 1. The summed E-state index contributed by atoms with van der Waals surface area (Å²) in [6, 6.07) is 8.07. The van der Waals surface area contributed by atoms with Crippen molar-refractivity contribution in [1.29, 1.82) is 0 Å². The standard InChI is InChI=1S/C26H35N3O3/c30-22-17-26(11-3-4-12-26)18-23(31)29(22)14-6-5-13-28-15-9-19(10-16-28)24-20-7-1-2-8-21(20)27-25(24)32/h1-2,7-8,19,24H,3-6,9-18H2,(H,27,32). The predicted molar refractivity (Wildman–Crippen MR) is 123 cm³/mol. The van der Waals surface area contributed by atoms with Crippen molar-refractivity contribution in [2.75, 3.05) is 31.5 Å². The van der Waals surface area contributed by atoms with Crippen LogP contribution in [0.1, 0.15) is 75.7 Å². The van der Waals surface area contributed by atoms with Crippen molar-refractivity contribution in [3.05, 3.63) is 29.8 Å². The fraction of sp³-hybridized carbons (Fsp3) is 0.654. The van der Waals surface area contributed by atoms with Crippen LogP contribution in [0.25, 0.3) is 0 Å². The molecule has 0 aromatic heterocycles. The summed E-state index contributed by atoms with van der Waals surface area (Å²) >= 11 is 0. The highest BCUT2D eigenvalue weighted by molar-refractivity contribution is 6.03. The highest BCUT2D eigenvalue weighted by Gasteiger charge is 2.44. The maximum atomic E-state index is 12.6. The normalized spacial score (nSPS) is 26.1. The molecule has 1 aromatic rings. The van der Waals surface area contributed by atoms with Gasteiger partial charge in [0.2, 0.25) is 17.7 Å². The monoisotopic (exact) mass is 437 g/mol. The van der Waals surface area contributed by atoms with Crippen molar-refractivity contribution >= 4 is 23.4 Å². The molecule has 1 saturated carbocycles. The van der Waals surface area contributed by atoms with Gasteiger partial charge in [0.15, 0.2) is 0 Å². The third-order valence-electron chi connectivity index (χ3n) is 8.36. The van der Waals surface area contributed by atoms with Gasteiger partial charge in [-0.25, -0.2) is 0 Å². The molecular formula is C26H35N3O3. The van der Waals surface area contributed by atoms with Gasteiger partial charge in [0.25, 0.3) is 0 Å². The highest BCUT2D eigenvalue weighted by atomic mass is 16.2. The zero-order valence-electron chi connectivity index (χ0n) is 19.0. The molecule has 3 aliphatic heterocycles. The van der Waals surface area contributed by atoms with E-state index >= 15 is 0 Å². The predicted octanol–water partition coefficient (Wildman–Crippen LogP) is 3.92. The molecule has 1 unspecified atom stereocenters. The minimum absolute atomic E-state index is 0.00682. The number of unbranched alkanes of at least 4 members (excludes halogenated alkanes) is 1. The van der Waals surface area contributed by atoms with Gasteiger partial charge in [-0.05, 0) is 81.1 Å². The number of rotatable bonds is 6. The summed E-state index contributed by atoms with van der Waals surface area (Å²) in [4.78, 5) is 41.7. The number of anilines is 1. The number of piperidine rings is 2. The van der Waals surface area contributed by atoms with Crippen LogP contribution in [0, 0.1) is 11.3 Å². The van der Waals surface area contributed by atoms with E-state index in [9.17, 15) is 14.4 Å². The van der Waals surface area contributed by atoms with E-state index in [-0.39, 0.29) is 29.1 Å². The number of benzene rings is 1. The Kier molecular flexibility index (Phi) is 6.06. The Bertz CT molecular complexity index is 864. The van der Waals surface area contributed by atoms with Crippen molar-refractivity contribution in [2.24, 2.45) is 11.3 Å². The summed E-state index contributed by atoms with van der Waals surface area (Å²) < 4.78 is 0. The molecule has 172 valence electrons. The number of fused-ring (bicyclic) bond motifs is 1. The van der Waals surface area contributed by atoms with E-state index in [0.29, 0.717) is 25.3 Å². The second kappa shape index (κ2) is 8.97. The summed E-state index contributed by atoms with van der Waals surface area (Å²) in [6.07, 6.45) is 9.51. The number of imide groups is 1. The average Bonchev–Trinajstić information content (AvgIpc) is 3.36. The number of nitrogens with one attached hydrogen (secondary N) is 1. The van der Waals surface area contributed by atoms with Crippen LogP contribution in [0.3, 0.4) is 0 Å². The van der Waals surface area contributed by atoms with Gasteiger partial charge < -0.3 is 10.2 Å². The van der Waals surface area contributed by atoms with Gasteiger partial charge >= 0.3 is 0 Å². The van der Waals surface area contributed by atoms with Crippen molar-refractivity contribution < 1.29 is 14.4 Å². The van der Waals surface area contributed by atoms with Crippen LogP contribution in [0.2, 0.25) is 0 Å². The topological polar surface area (TPSA) is 69.7 Å². The zero-order valence-corrected chi connectivity index (χ0v) is 19.0. The minimum Gasteiger partial charge on any atom is -0.325 e. The first-order valence-corrected chi connectivity index (χ1v) is 12.5. The second-order valence-corrected chi connectivity index (χ2v) is 10.4. The molecule has 6 nitrogen and oxygen atoms in total. The smallest absolute Gasteiger partial charge is 0.232 e. The molecular weight excluding hydrogens is 402 g/mol. The molecule has 1 aromatic carbocycles. The molecule has 6 heteroatoms. The number of nitrogens with zero attached hydrogens (tertiary/aromatic N) is 2. The van der Waals surface area contributed by atoms with Crippen LogP contribution < -0.4 is 5.32 Å². The van der Waals surface area contributed by atoms with E-state index in [1.165, 1.54) is 4.90 Å². The zero-order chi connectivity index (χ0) is 22.1. The lowest BCUT2D eigenvalue weighted by Crippen LogP contribution is -2.47. The fourth-order valence-corrected chi connectivity index (χ4v) is 6.58. The SMILES string of the molecule is O=C1Nc2ccccc2C1C1CCN(CCCCN2C(=O)CC3(CCCC3)CC2=O)CC1. The highest BCUT2D eigenvalue weighted by Crippen LogP contribution is 2.47. The first-order valence-electron chi connectivity index (χ1n) is 12.5. The largest absolute Gasteiger partial charge is 0.325 e. The number of carbonyl (C=O) groups excluding carboxylic acids is 3. The first kappa shape index (κ1) is 21.6. The molecule has 1 spiro atoms. The molecule has 2 saturated heterocycles. The Labute approximate surface area is 190 Å². The van der Waals surface area contributed by atoms with Crippen LogP contribution in [0.4, 0.5) is 5.69 Å². The Balaban J connectivity index is 1.04. The molecule has 1 N–H and O–H groups in total. The molecule has 4 aliphatic rings. The van der Waals surface area contributed by atoms with Gasteiger partial charge in [-0.1, -0.05) is 31.0 Å². The molecule has 0 bridgehead atoms. The molecule has 3 amide bonds. The van der Waals surface area contributed by atoms with E-state index in [4.69, 9.17) is 0 Å². The third kappa shape index (κ3) is 4.21. The lowest BCUT2D eigenvalue weighted by Gasteiger charge is -2.37. The van der Waals surface area contributed by atoms with Gasteiger partial charge in [-0.2, -0.15) is 0 Å². The Morgan fingerprint density at radius 3 is 2.28 bits per heavy atom. The fourth-order valence-electron chi connectivity index (χ4n) is 6.58. The van der Waals surface area contributed by atoms with E-state index in [0.717, 1.165) is 82.3 Å².